The normalized spacial score (nSPS) is 29.2. The van der Waals surface area contributed by atoms with Gasteiger partial charge < -0.3 is 4.79 Å². The van der Waals surface area contributed by atoms with Gasteiger partial charge in [-0.15, -0.1) is 5.92 Å². The summed E-state index contributed by atoms with van der Waals surface area (Å²) >= 11 is 0. The quantitative estimate of drug-likeness (QED) is 0.350. The van der Waals surface area contributed by atoms with E-state index >= 15 is 0 Å². The van der Waals surface area contributed by atoms with E-state index in [0.717, 1.165) is 18.4 Å². The van der Waals surface area contributed by atoms with Gasteiger partial charge >= 0.3 is 0 Å². The number of nitriles is 1. The zero-order valence-electron chi connectivity index (χ0n) is 20.6. The Morgan fingerprint density at radius 3 is 2.54 bits per heavy atom. The highest BCUT2D eigenvalue weighted by Gasteiger charge is 2.59. The lowest BCUT2D eigenvalue weighted by Crippen LogP contribution is -2.53. The Kier molecular flexibility index (Phi) is 6.00. The molecule has 0 bridgehead atoms. The molecule has 0 spiro atoms. The van der Waals surface area contributed by atoms with E-state index < -0.39 is 16.2 Å². The first kappa shape index (κ1) is 24.2. The van der Waals surface area contributed by atoms with Crippen LogP contribution in [0.15, 0.2) is 65.4 Å². The number of carbonyl (C=O) groups is 2. The van der Waals surface area contributed by atoms with Crippen molar-refractivity contribution >= 4 is 17.6 Å². The summed E-state index contributed by atoms with van der Waals surface area (Å²) in [4.78, 5) is 28.7. The fourth-order valence-electron chi connectivity index (χ4n) is 6.32. The topological polar surface area (TPSA) is 62.3 Å². The van der Waals surface area contributed by atoms with Gasteiger partial charge in [0, 0.05) is 10.8 Å². The van der Waals surface area contributed by atoms with Gasteiger partial charge in [0.15, 0.2) is 11.6 Å². The van der Waals surface area contributed by atoms with Crippen LogP contribution in [0.5, 0.6) is 0 Å². The molecule has 0 heterocycles. The fourth-order valence-corrected chi connectivity index (χ4v) is 6.32. The molecule has 3 atom stereocenters. The number of Topliss-reactive ketones (excluding diaryl/α,β-unsaturated/α-hetero) is 1. The molecule has 4 aliphatic carbocycles. The first-order valence-corrected chi connectivity index (χ1v) is 11.9. The van der Waals surface area contributed by atoms with Crippen molar-refractivity contribution in [3.8, 4) is 17.9 Å². The number of hydrogen-bond acceptors (Lipinski definition) is 3. The number of rotatable bonds is 0. The Morgan fingerprint density at radius 1 is 1.14 bits per heavy atom. The lowest BCUT2D eigenvalue weighted by atomic mass is 9.46. The van der Waals surface area contributed by atoms with Crippen LogP contribution >= 0.6 is 0 Å². The highest BCUT2D eigenvalue weighted by Crippen LogP contribution is 2.63. The Labute approximate surface area is 207 Å². The average Bonchev–Trinajstić information content (AvgIpc) is 3.32. The van der Waals surface area contributed by atoms with Crippen molar-refractivity contribution in [3.05, 3.63) is 88.0 Å². The number of fused-ring (bicyclic) bond motifs is 4. The van der Waals surface area contributed by atoms with Crippen LogP contribution in [0.3, 0.4) is 0 Å². The Morgan fingerprint density at radius 2 is 1.89 bits per heavy atom. The van der Waals surface area contributed by atoms with E-state index in [4.69, 9.17) is 6.57 Å². The minimum Gasteiger partial charge on any atom is -0.307 e. The van der Waals surface area contributed by atoms with E-state index in [1.165, 1.54) is 17.2 Å². The molecule has 0 N–H and O–H groups in total. The maximum absolute atomic E-state index is 12.8. The molecule has 174 valence electrons. The molecular formula is C31H28N2O2. The third kappa shape index (κ3) is 3.79. The van der Waals surface area contributed by atoms with Crippen molar-refractivity contribution < 1.29 is 9.59 Å². The Balaban J connectivity index is 0.000000266. The van der Waals surface area contributed by atoms with Gasteiger partial charge in [0.1, 0.15) is 6.07 Å². The van der Waals surface area contributed by atoms with Gasteiger partial charge in [-0.1, -0.05) is 69.2 Å². The van der Waals surface area contributed by atoms with Crippen LogP contribution in [-0.4, -0.2) is 11.6 Å². The van der Waals surface area contributed by atoms with E-state index in [2.05, 4.69) is 53.1 Å². The SMILES string of the molecule is C1=Cc2ccccc2C1.[C-]#[N+]C1=CC2(C)C3=CC(=O)C(C#N)=CC3(C#CC)CCC2C(C)(C)C1=O. The molecule has 0 aromatic heterocycles. The number of hydrogen-bond donors (Lipinski definition) is 0. The molecule has 5 rings (SSSR count). The van der Waals surface area contributed by atoms with Gasteiger partial charge in [-0.25, -0.2) is 4.85 Å². The molecule has 0 aliphatic heterocycles. The summed E-state index contributed by atoms with van der Waals surface area (Å²) < 4.78 is 0. The van der Waals surface area contributed by atoms with Crippen molar-refractivity contribution in [3.63, 3.8) is 0 Å². The van der Waals surface area contributed by atoms with Crippen LogP contribution in [0.2, 0.25) is 0 Å². The molecule has 0 amide bonds. The molecule has 1 fully saturated rings. The van der Waals surface area contributed by atoms with Crippen molar-refractivity contribution in [1.29, 1.82) is 5.26 Å². The van der Waals surface area contributed by atoms with Crippen LogP contribution < -0.4 is 0 Å². The molecule has 4 aliphatic rings. The number of nitrogens with zero attached hydrogens (tertiary/aromatic N) is 2. The van der Waals surface area contributed by atoms with Crippen LogP contribution in [0.1, 0.15) is 51.7 Å². The van der Waals surface area contributed by atoms with E-state index in [0.29, 0.717) is 6.42 Å². The minimum atomic E-state index is -0.696. The first-order chi connectivity index (χ1) is 16.6. The predicted octanol–water partition coefficient (Wildman–Crippen LogP) is 6.04. The minimum absolute atomic E-state index is 0.0316. The average molecular weight is 461 g/mol. The maximum Gasteiger partial charge on any atom is 0.226 e. The molecule has 35 heavy (non-hydrogen) atoms. The first-order valence-electron chi connectivity index (χ1n) is 11.9. The fraction of sp³-hybridized carbons (Fsp3) is 0.355. The second-order valence-electron chi connectivity index (χ2n) is 10.3. The molecule has 4 nitrogen and oxygen atoms in total. The van der Waals surface area contributed by atoms with Crippen LogP contribution in [0, 0.1) is 51.9 Å². The number of allylic oxidation sites excluding steroid dienone is 7. The molecule has 4 heteroatoms. The van der Waals surface area contributed by atoms with E-state index in [1.807, 2.05) is 26.8 Å². The van der Waals surface area contributed by atoms with Crippen molar-refractivity contribution in [2.24, 2.45) is 22.2 Å². The van der Waals surface area contributed by atoms with Gasteiger partial charge in [0.05, 0.1) is 17.6 Å². The predicted molar refractivity (Wildman–Crippen MR) is 136 cm³/mol. The lowest BCUT2D eigenvalue weighted by Gasteiger charge is -2.56. The molecule has 0 radical (unpaired) electrons. The molecule has 1 aromatic carbocycles. The van der Waals surface area contributed by atoms with Gasteiger partial charge in [-0.2, -0.15) is 5.26 Å². The zero-order valence-corrected chi connectivity index (χ0v) is 20.6. The van der Waals surface area contributed by atoms with Gasteiger partial charge in [0.2, 0.25) is 5.70 Å². The Bertz CT molecular complexity index is 1390. The second kappa shape index (κ2) is 8.69. The van der Waals surface area contributed by atoms with Crippen LogP contribution in [0.4, 0.5) is 0 Å². The second-order valence-corrected chi connectivity index (χ2v) is 10.3. The zero-order chi connectivity index (χ0) is 25.4. The summed E-state index contributed by atoms with van der Waals surface area (Å²) in [6, 6.07) is 10.5. The van der Waals surface area contributed by atoms with Gasteiger partial charge in [0.25, 0.3) is 0 Å². The standard InChI is InChI=1S/C22H20N2O2.C9H8/c1-6-8-22-9-7-17-20(2,3)19(26)15(24-5)12-21(17,4)18(22)10-16(25)14(11-22)13-23;1-2-5-9-7-3-6-8(9)4-1/h10-12,17H,7,9H2,1-4H3;1-6H,7H2. The monoisotopic (exact) mass is 460 g/mol. The smallest absolute Gasteiger partial charge is 0.226 e. The molecular weight excluding hydrogens is 432 g/mol. The highest BCUT2D eigenvalue weighted by molar-refractivity contribution is 6.09. The third-order valence-electron chi connectivity index (χ3n) is 7.95. The van der Waals surface area contributed by atoms with Crippen molar-refractivity contribution in [1.82, 2.24) is 0 Å². The molecule has 0 saturated heterocycles. The number of ketones is 2. The third-order valence-corrected chi connectivity index (χ3v) is 7.95. The van der Waals surface area contributed by atoms with Gasteiger partial charge in [-0.3, -0.25) is 4.79 Å². The largest absolute Gasteiger partial charge is 0.307 e. The summed E-state index contributed by atoms with van der Waals surface area (Å²) in [6.07, 6.45) is 11.8. The summed E-state index contributed by atoms with van der Waals surface area (Å²) in [5, 5.41) is 9.32. The van der Waals surface area contributed by atoms with Crippen molar-refractivity contribution in [2.45, 2.75) is 47.0 Å². The van der Waals surface area contributed by atoms with E-state index in [1.54, 1.807) is 19.1 Å². The Hall–Kier alpha value is -3.94. The summed E-state index contributed by atoms with van der Waals surface area (Å²) in [7, 11) is 0. The lowest BCUT2D eigenvalue weighted by molar-refractivity contribution is -0.130. The van der Waals surface area contributed by atoms with E-state index in [-0.39, 0.29) is 28.8 Å². The number of benzene rings is 1. The van der Waals surface area contributed by atoms with Crippen LogP contribution in [0.25, 0.3) is 10.9 Å². The highest BCUT2D eigenvalue weighted by atomic mass is 16.1. The van der Waals surface area contributed by atoms with Crippen molar-refractivity contribution in [2.75, 3.05) is 0 Å². The van der Waals surface area contributed by atoms with Gasteiger partial charge in [-0.05, 0) is 61.0 Å². The van der Waals surface area contributed by atoms with Crippen LogP contribution in [-0.2, 0) is 16.0 Å². The molecule has 1 aromatic rings. The summed E-state index contributed by atoms with van der Waals surface area (Å²) in [5.41, 5.74) is 1.86. The van der Waals surface area contributed by atoms with E-state index in [9.17, 15) is 14.9 Å². The molecule has 3 unspecified atom stereocenters. The summed E-state index contributed by atoms with van der Waals surface area (Å²) in [6.45, 7) is 14.9. The molecule has 1 saturated carbocycles. The number of carbonyl (C=O) groups excluding carboxylic acids is 2. The maximum atomic E-state index is 12.8. The summed E-state index contributed by atoms with van der Waals surface area (Å²) in [5.74, 6) is 5.68.